The monoisotopic (exact) mass is 499 g/mol. The van der Waals surface area contributed by atoms with Crippen LogP contribution in [-0.2, 0) is 15.9 Å². The summed E-state index contributed by atoms with van der Waals surface area (Å²) in [5.41, 5.74) is 3.77. The third-order valence-corrected chi connectivity index (χ3v) is 7.65. The molecule has 0 bridgehead atoms. The Kier molecular flexibility index (Phi) is 5.94. The van der Waals surface area contributed by atoms with Crippen molar-refractivity contribution < 1.29 is 44.6 Å². The van der Waals surface area contributed by atoms with Gasteiger partial charge in [0, 0.05) is 47.6 Å². The number of ether oxygens (including phenoxy) is 2. The number of ketones is 2. The third-order valence-electron chi connectivity index (χ3n) is 7.65. The molecule has 0 spiro atoms. The number of phenolic OH excluding ortho intramolecular Hbond substituents is 2. The number of aliphatic hydroxyl groups is 3. The van der Waals surface area contributed by atoms with Gasteiger partial charge in [0.1, 0.15) is 11.5 Å². The van der Waals surface area contributed by atoms with Crippen LogP contribution in [0.25, 0.3) is 0 Å². The zero-order valence-corrected chi connectivity index (χ0v) is 19.8. The van der Waals surface area contributed by atoms with Gasteiger partial charge in [-0.05, 0) is 13.8 Å². The van der Waals surface area contributed by atoms with Crippen molar-refractivity contribution in [2.75, 3.05) is 0 Å². The minimum atomic E-state index is -1.78. The second-order valence-electron chi connectivity index (χ2n) is 9.99. The summed E-state index contributed by atoms with van der Waals surface area (Å²) in [4.78, 5) is 26.6. The van der Waals surface area contributed by atoms with Gasteiger partial charge in [-0.2, -0.15) is 0 Å². The molecule has 0 radical (unpaired) electrons. The van der Waals surface area contributed by atoms with Gasteiger partial charge in [0.15, 0.2) is 17.9 Å². The van der Waals surface area contributed by atoms with Crippen LogP contribution < -0.4 is 5.73 Å². The topological polar surface area (TPSA) is 180 Å². The second-order valence-corrected chi connectivity index (χ2v) is 9.99. The summed E-state index contributed by atoms with van der Waals surface area (Å²) in [6.45, 7) is 3.01. The van der Waals surface area contributed by atoms with E-state index in [2.05, 4.69) is 0 Å². The van der Waals surface area contributed by atoms with E-state index in [0.29, 0.717) is 0 Å². The molecule has 1 aliphatic heterocycles. The van der Waals surface area contributed by atoms with Gasteiger partial charge in [-0.25, -0.2) is 0 Å². The first kappa shape index (κ1) is 24.8. The number of rotatable bonds is 3. The molecule has 2 aromatic rings. The lowest BCUT2D eigenvalue weighted by molar-refractivity contribution is -0.250. The van der Waals surface area contributed by atoms with Gasteiger partial charge in [0.2, 0.25) is 0 Å². The fraction of sp³-hybridized carbons (Fsp3) is 0.462. The predicted octanol–water partition coefficient (Wildman–Crippen LogP) is 0.812. The van der Waals surface area contributed by atoms with Crippen molar-refractivity contribution >= 4 is 11.6 Å². The number of carbonyl (C=O) groups excluding carboxylic acids is 2. The Hall–Kier alpha value is -2.86. The lowest BCUT2D eigenvalue weighted by Crippen LogP contribution is -2.53. The SMILES string of the molecule is C[C@@H]1O[C@@H](O[C@H]2C[C@](O)([C@H](C)O)Cc3c(O)c4c(c(O)c32)C(=O)c2ccccc2C4=O)C[C@H](N)[C@H]1O. The standard InChI is InChI=1S/C26H29NO9/c1-10-21(29)15(27)7-17(35-10)36-16-9-26(34,11(2)28)8-14-18(16)25(33)20-19(24(14)32)22(30)12-5-3-4-6-13(12)23(20)31/h3-6,10-11,15-17,21,28-29,32-34H,7-9,27H2,1-2H3/t10-,11-,15-,16-,17-,21-,26-/m0/s1. The van der Waals surface area contributed by atoms with E-state index in [1.54, 1.807) is 19.1 Å². The summed E-state index contributed by atoms with van der Waals surface area (Å²) in [5.74, 6) is -2.35. The maximum atomic E-state index is 13.3. The molecule has 1 saturated heterocycles. The first-order valence-corrected chi connectivity index (χ1v) is 11.9. The van der Waals surface area contributed by atoms with Crippen LogP contribution in [0.3, 0.4) is 0 Å². The summed E-state index contributed by atoms with van der Waals surface area (Å²) in [6, 6.07) is 5.47. The van der Waals surface area contributed by atoms with E-state index in [1.807, 2.05) is 0 Å². The number of carbonyl (C=O) groups is 2. The highest BCUT2D eigenvalue weighted by atomic mass is 16.7. The fourth-order valence-electron chi connectivity index (χ4n) is 5.50. The quantitative estimate of drug-likeness (QED) is 0.282. The molecule has 3 aliphatic rings. The molecule has 7 N–H and O–H groups in total. The Morgan fingerprint density at radius 1 is 1.11 bits per heavy atom. The first-order chi connectivity index (χ1) is 16.9. The molecule has 0 unspecified atom stereocenters. The lowest BCUT2D eigenvalue weighted by atomic mass is 9.71. The van der Waals surface area contributed by atoms with Gasteiger partial charge in [-0.1, -0.05) is 24.3 Å². The summed E-state index contributed by atoms with van der Waals surface area (Å²) in [5, 5.41) is 54.4. The van der Waals surface area contributed by atoms with Crippen LogP contribution in [0.4, 0.5) is 0 Å². The average Bonchev–Trinajstić information content (AvgIpc) is 2.82. The number of benzene rings is 2. The van der Waals surface area contributed by atoms with E-state index in [9.17, 15) is 35.1 Å². The highest BCUT2D eigenvalue weighted by molar-refractivity contribution is 6.30. The molecule has 2 aliphatic carbocycles. The average molecular weight is 500 g/mol. The Bertz CT molecular complexity index is 1250. The number of aromatic hydroxyl groups is 2. The minimum Gasteiger partial charge on any atom is -0.507 e. The van der Waals surface area contributed by atoms with Crippen LogP contribution in [0.15, 0.2) is 24.3 Å². The van der Waals surface area contributed by atoms with Crippen molar-refractivity contribution in [1.29, 1.82) is 0 Å². The molecule has 0 saturated carbocycles. The van der Waals surface area contributed by atoms with Gasteiger partial charge in [-0.3, -0.25) is 9.59 Å². The smallest absolute Gasteiger partial charge is 0.198 e. The van der Waals surface area contributed by atoms with E-state index in [4.69, 9.17) is 15.2 Å². The second kappa shape index (κ2) is 8.62. The largest absolute Gasteiger partial charge is 0.507 e. The Labute approximate surface area is 206 Å². The highest BCUT2D eigenvalue weighted by Crippen LogP contribution is 2.52. The maximum Gasteiger partial charge on any atom is 0.198 e. The number of aliphatic hydroxyl groups excluding tert-OH is 2. The zero-order valence-electron chi connectivity index (χ0n) is 19.8. The summed E-state index contributed by atoms with van der Waals surface area (Å²) in [6.07, 6.45) is -5.29. The van der Waals surface area contributed by atoms with Gasteiger partial charge < -0.3 is 40.7 Å². The Morgan fingerprint density at radius 3 is 2.25 bits per heavy atom. The molecule has 2 aromatic carbocycles. The van der Waals surface area contributed by atoms with E-state index in [1.165, 1.54) is 19.1 Å². The van der Waals surface area contributed by atoms with Crippen molar-refractivity contribution in [3.05, 3.63) is 57.6 Å². The molecule has 1 fully saturated rings. The molecule has 5 rings (SSSR count). The molecular formula is C26H29NO9. The molecule has 10 nitrogen and oxygen atoms in total. The van der Waals surface area contributed by atoms with E-state index in [0.717, 1.165) is 0 Å². The molecule has 0 amide bonds. The van der Waals surface area contributed by atoms with Gasteiger partial charge in [-0.15, -0.1) is 0 Å². The van der Waals surface area contributed by atoms with Crippen molar-refractivity contribution in [3.63, 3.8) is 0 Å². The lowest BCUT2D eigenvalue weighted by Gasteiger charge is -2.43. The van der Waals surface area contributed by atoms with Gasteiger partial charge in [0.05, 0.1) is 41.1 Å². The molecule has 36 heavy (non-hydrogen) atoms. The molecule has 7 atom stereocenters. The van der Waals surface area contributed by atoms with Gasteiger partial charge in [0.25, 0.3) is 0 Å². The van der Waals surface area contributed by atoms with Crippen LogP contribution in [0, 0.1) is 0 Å². The van der Waals surface area contributed by atoms with E-state index < -0.39 is 65.4 Å². The van der Waals surface area contributed by atoms with Crippen LogP contribution in [0.5, 0.6) is 11.5 Å². The Balaban J connectivity index is 1.66. The van der Waals surface area contributed by atoms with Crippen LogP contribution >= 0.6 is 0 Å². The van der Waals surface area contributed by atoms with Crippen molar-refractivity contribution in [3.8, 4) is 11.5 Å². The molecule has 0 aromatic heterocycles. The number of hydrogen-bond donors (Lipinski definition) is 6. The van der Waals surface area contributed by atoms with E-state index >= 15 is 0 Å². The maximum absolute atomic E-state index is 13.3. The number of fused-ring (bicyclic) bond motifs is 3. The number of nitrogens with two attached hydrogens (primary N) is 1. The normalized spacial score (nSPS) is 32.4. The van der Waals surface area contributed by atoms with Crippen molar-refractivity contribution in [1.82, 2.24) is 0 Å². The van der Waals surface area contributed by atoms with Crippen molar-refractivity contribution in [2.24, 2.45) is 5.73 Å². The third kappa shape index (κ3) is 3.64. The molecule has 192 valence electrons. The van der Waals surface area contributed by atoms with Crippen LogP contribution in [0.1, 0.15) is 75.8 Å². The zero-order chi connectivity index (χ0) is 26.1. The minimum absolute atomic E-state index is 0.000350. The van der Waals surface area contributed by atoms with Crippen molar-refractivity contribution in [2.45, 2.75) is 75.5 Å². The summed E-state index contributed by atoms with van der Waals surface area (Å²) < 4.78 is 11.8. The van der Waals surface area contributed by atoms with Crippen LogP contribution in [-0.4, -0.2) is 73.3 Å². The molecule has 10 heteroatoms. The highest BCUT2D eigenvalue weighted by Gasteiger charge is 2.49. The first-order valence-electron chi connectivity index (χ1n) is 11.9. The summed E-state index contributed by atoms with van der Waals surface area (Å²) >= 11 is 0. The molecular weight excluding hydrogens is 470 g/mol. The fourth-order valence-corrected chi connectivity index (χ4v) is 5.50. The number of hydrogen-bond acceptors (Lipinski definition) is 10. The Morgan fingerprint density at radius 2 is 1.69 bits per heavy atom. The number of phenols is 2. The predicted molar refractivity (Wildman–Crippen MR) is 125 cm³/mol. The summed E-state index contributed by atoms with van der Waals surface area (Å²) in [7, 11) is 0. The van der Waals surface area contributed by atoms with Gasteiger partial charge >= 0.3 is 0 Å². The molecule has 1 heterocycles. The van der Waals surface area contributed by atoms with E-state index in [-0.39, 0.29) is 52.6 Å². The van der Waals surface area contributed by atoms with Crippen LogP contribution in [0.2, 0.25) is 0 Å².